The zero-order valence-corrected chi connectivity index (χ0v) is 9.98. The van der Waals surface area contributed by atoms with Gasteiger partial charge in [0.15, 0.2) is 0 Å². The lowest BCUT2D eigenvalue weighted by Crippen LogP contribution is -2.30. The molecule has 5 nitrogen and oxygen atoms in total. The summed E-state index contributed by atoms with van der Waals surface area (Å²) >= 11 is 0. The molecule has 0 aliphatic carbocycles. The van der Waals surface area contributed by atoms with Crippen molar-refractivity contribution in [3.8, 4) is 0 Å². The van der Waals surface area contributed by atoms with Crippen molar-refractivity contribution in [1.29, 1.82) is 0 Å². The van der Waals surface area contributed by atoms with Crippen LogP contribution in [0, 0.1) is 0 Å². The summed E-state index contributed by atoms with van der Waals surface area (Å²) in [7, 11) is 0. The average Bonchev–Trinajstić information content (AvgIpc) is 2.41. The van der Waals surface area contributed by atoms with Crippen LogP contribution in [0.1, 0.15) is 12.8 Å². The zero-order chi connectivity index (χ0) is 12.4. The minimum Gasteiger partial charge on any atom is -0.381 e. The molecule has 1 aliphatic rings. The fourth-order valence-corrected chi connectivity index (χ4v) is 2.22. The SMILES string of the molecule is O=c1[nH]c2ccncc2cc1NC1CCOCC1. The number of anilines is 1. The van der Waals surface area contributed by atoms with E-state index in [1.165, 1.54) is 0 Å². The first-order chi connectivity index (χ1) is 8.83. The Labute approximate surface area is 104 Å². The van der Waals surface area contributed by atoms with E-state index in [-0.39, 0.29) is 5.56 Å². The highest BCUT2D eigenvalue weighted by Crippen LogP contribution is 2.15. The first-order valence-electron chi connectivity index (χ1n) is 6.14. The maximum atomic E-state index is 11.9. The molecule has 3 rings (SSSR count). The van der Waals surface area contributed by atoms with E-state index in [0.29, 0.717) is 11.7 Å². The number of pyridine rings is 2. The molecule has 2 N–H and O–H groups in total. The number of nitrogens with zero attached hydrogens (tertiary/aromatic N) is 1. The lowest BCUT2D eigenvalue weighted by Gasteiger charge is -2.23. The first-order valence-corrected chi connectivity index (χ1v) is 6.14. The molecule has 2 aromatic heterocycles. The third-order valence-corrected chi connectivity index (χ3v) is 3.23. The fourth-order valence-electron chi connectivity index (χ4n) is 2.22. The fraction of sp³-hybridized carbons (Fsp3) is 0.385. The predicted octanol–water partition coefficient (Wildman–Crippen LogP) is 1.51. The van der Waals surface area contributed by atoms with Gasteiger partial charge in [-0.1, -0.05) is 0 Å². The van der Waals surface area contributed by atoms with Gasteiger partial charge in [0.1, 0.15) is 5.69 Å². The number of aromatic amines is 1. The second-order valence-electron chi connectivity index (χ2n) is 4.51. The van der Waals surface area contributed by atoms with Gasteiger partial charge in [-0.25, -0.2) is 0 Å². The number of rotatable bonds is 2. The Hall–Kier alpha value is -1.88. The van der Waals surface area contributed by atoms with Crippen LogP contribution < -0.4 is 10.9 Å². The molecule has 0 atom stereocenters. The van der Waals surface area contributed by atoms with Crippen LogP contribution in [0.4, 0.5) is 5.69 Å². The van der Waals surface area contributed by atoms with Gasteiger partial charge >= 0.3 is 0 Å². The molecule has 2 aromatic rings. The molecule has 0 radical (unpaired) electrons. The summed E-state index contributed by atoms with van der Waals surface area (Å²) in [5.41, 5.74) is 1.34. The summed E-state index contributed by atoms with van der Waals surface area (Å²) in [5.74, 6) is 0. The van der Waals surface area contributed by atoms with Crippen LogP contribution in [-0.4, -0.2) is 29.2 Å². The first kappa shape index (κ1) is 11.2. The standard InChI is InChI=1S/C13H15N3O2/c17-13-12(15-10-2-5-18-6-3-10)7-9-8-14-4-1-11(9)16-13/h1,4,7-8,10,15H,2-3,5-6H2,(H,16,17). The average molecular weight is 245 g/mol. The van der Waals surface area contributed by atoms with Crippen molar-refractivity contribution < 1.29 is 4.74 Å². The van der Waals surface area contributed by atoms with E-state index in [0.717, 1.165) is 37.0 Å². The molecule has 0 unspecified atom stereocenters. The molecule has 3 heterocycles. The van der Waals surface area contributed by atoms with E-state index >= 15 is 0 Å². The van der Waals surface area contributed by atoms with Gasteiger partial charge < -0.3 is 15.0 Å². The van der Waals surface area contributed by atoms with Crippen molar-refractivity contribution in [3.63, 3.8) is 0 Å². The highest BCUT2D eigenvalue weighted by atomic mass is 16.5. The molecular formula is C13H15N3O2. The van der Waals surface area contributed by atoms with Crippen molar-refractivity contribution in [3.05, 3.63) is 34.9 Å². The van der Waals surface area contributed by atoms with E-state index in [2.05, 4.69) is 15.3 Å². The Morgan fingerprint density at radius 1 is 1.39 bits per heavy atom. The maximum Gasteiger partial charge on any atom is 0.271 e. The van der Waals surface area contributed by atoms with Gasteiger partial charge in [0.05, 0.1) is 5.52 Å². The van der Waals surface area contributed by atoms with Crippen LogP contribution in [0.2, 0.25) is 0 Å². The minimum atomic E-state index is -0.0832. The Bertz CT molecular complexity index is 602. The van der Waals surface area contributed by atoms with Crippen molar-refractivity contribution >= 4 is 16.6 Å². The summed E-state index contributed by atoms with van der Waals surface area (Å²) < 4.78 is 5.30. The van der Waals surface area contributed by atoms with Crippen LogP contribution in [0.15, 0.2) is 29.3 Å². The summed E-state index contributed by atoms with van der Waals surface area (Å²) in [4.78, 5) is 18.9. The number of fused-ring (bicyclic) bond motifs is 1. The van der Waals surface area contributed by atoms with Crippen LogP contribution in [0.3, 0.4) is 0 Å². The summed E-state index contributed by atoms with van der Waals surface area (Å²) in [6, 6.07) is 3.97. The van der Waals surface area contributed by atoms with Crippen molar-refractivity contribution in [2.75, 3.05) is 18.5 Å². The lowest BCUT2D eigenvalue weighted by molar-refractivity contribution is 0.0904. The van der Waals surface area contributed by atoms with Crippen LogP contribution in [0.5, 0.6) is 0 Å². The second-order valence-corrected chi connectivity index (χ2v) is 4.51. The van der Waals surface area contributed by atoms with Gasteiger partial charge in [0.25, 0.3) is 5.56 Å². The summed E-state index contributed by atoms with van der Waals surface area (Å²) in [5, 5.41) is 4.23. The second kappa shape index (κ2) is 4.78. The number of H-pyrrole nitrogens is 1. The molecule has 0 saturated carbocycles. The number of nitrogens with one attached hydrogen (secondary N) is 2. The van der Waals surface area contributed by atoms with Gasteiger partial charge in [-0.3, -0.25) is 9.78 Å². The highest BCUT2D eigenvalue weighted by Gasteiger charge is 2.14. The molecule has 0 aromatic carbocycles. The number of hydrogen-bond donors (Lipinski definition) is 2. The Morgan fingerprint density at radius 2 is 2.22 bits per heavy atom. The largest absolute Gasteiger partial charge is 0.381 e. The molecule has 0 bridgehead atoms. The highest BCUT2D eigenvalue weighted by molar-refractivity contribution is 5.80. The Kier molecular flexibility index (Phi) is 2.98. The van der Waals surface area contributed by atoms with Crippen molar-refractivity contribution in [1.82, 2.24) is 9.97 Å². The van der Waals surface area contributed by atoms with E-state index < -0.39 is 0 Å². The van der Waals surface area contributed by atoms with Gasteiger partial charge in [0.2, 0.25) is 0 Å². The predicted molar refractivity (Wildman–Crippen MR) is 69.8 cm³/mol. The molecule has 0 spiro atoms. The van der Waals surface area contributed by atoms with E-state index in [4.69, 9.17) is 4.74 Å². The van der Waals surface area contributed by atoms with Crippen LogP contribution in [-0.2, 0) is 4.74 Å². The third kappa shape index (κ3) is 2.22. The zero-order valence-electron chi connectivity index (χ0n) is 9.98. The molecule has 0 amide bonds. The molecular weight excluding hydrogens is 230 g/mol. The van der Waals surface area contributed by atoms with Crippen LogP contribution >= 0.6 is 0 Å². The van der Waals surface area contributed by atoms with Crippen molar-refractivity contribution in [2.24, 2.45) is 0 Å². The molecule has 94 valence electrons. The number of hydrogen-bond acceptors (Lipinski definition) is 4. The molecule has 18 heavy (non-hydrogen) atoms. The summed E-state index contributed by atoms with van der Waals surface area (Å²) in [6.07, 6.45) is 5.29. The Balaban J connectivity index is 1.91. The lowest BCUT2D eigenvalue weighted by atomic mass is 10.1. The smallest absolute Gasteiger partial charge is 0.271 e. The third-order valence-electron chi connectivity index (χ3n) is 3.23. The van der Waals surface area contributed by atoms with E-state index in [1.54, 1.807) is 18.5 Å². The normalized spacial score (nSPS) is 16.9. The topological polar surface area (TPSA) is 67.0 Å². The molecule has 1 fully saturated rings. The number of ether oxygens (including phenoxy) is 1. The molecule has 1 saturated heterocycles. The van der Waals surface area contributed by atoms with Gasteiger partial charge in [-0.2, -0.15) is 0 Å². The van der Waals surface area contributed by atoms with Crippen molar-refractivity contribution in [2.45, 2.75) is 18.9 Å². The molecule has 5 heteroatoms. The molecule has 1 aliphatic heterocycles. The monoisotopic (exact) mass is 245 g/mol. The van der Waals surface area contributed by atoms with Gasteiger partial charge in [0, 0.05) is 37.0 Å². The number of aromatic nitrogens is 2. The summed E-state index contributed by atoms with van der Waals surface area (Å²) in [6.45, 7) is 1.51. The quantitative estimate of drug-likeness (QED) is 0.841. The Morgan fingerprint density at radius 3 is 3.06 bits per heavy atom. The van der Waals surface area contributed by atoms with E-state index in [9.17, 15) is 4.79 Å². The van der Waals surface area contributed by atoms with E-state index in [1.807, 2.05) is 6.07 Å². The maximum absolute atomic E-state index is 11.9. The minimum absolute atomic E-state index is 0.0832. The van der Waals surface area contributed by atoms with Crippen LogP contribution in [0.25, 0.3) is 10.9 Å². The van der Waals surface area contributed by atoms with Gasteiger partial charge in [-0.05, 0) is 25.0 Å². The van der Waals surface area contributed by atoms with Gasteiger partial charge in [-0.15, -0.1) is 0 Å².